The number of nitrogens with zero attached hydrogens (tertiary/aromatic N) is 5. The molecule has 36 heavy (non-hydrogen) atoms. The van der Waals surface area contributed by atoms with Crippen LogP contribution in [0.4, 0.5) is 4.39 Å². The number of hydrogen-bond acceptors (Lipinski definition) is 7. The highest BCUT2D eigenvalue weighted by molar-refractivity contribution is 5.68. The number of nitrogens with one attached hydrogen (secondary N) is 1. The maximum atomic E-state index is 14.7. The smallest absolute Gasteiger partial charge is 0.251 e. The zero-order chi connectivity index (χ0) is 25.9. The fourth-order valence-corrected chi connectivity index (χ4v) is 4.19. The Kier molecular flexibility index (Phi) is 7.08. The van der Waals surface area contributed by atoms with Gasteiger partial charge in [0.25, 0.3) is 5.56 Å². The number of nitriles is 1. The zero-order valence-electron chi connectivity index (χ0n) is 20.7. The second kappa shape index (κ2) is 10.2. The molecule has 0 saturated carbocycles. The summed E-state index contributed by atoms with van der Waals surface area (Å²) < 4.78 is 21.7. The molecular formula is C27H29FN6O2. The molecule has 0 amide bonds. The van der Waals surface area contributed by atoms with Gasteiger partial charge in [0.1, 0.15) is 22.7 Å². The topological polar surface area (TPSA) is 110 Å². The molecule has 4 aromatic rings. The number of hydrogen-bond donors (Lipinski definition) is 1. The second-order valence-electron chi connectivity index (χ2n) is 8.59. The van der Waals surface area contributed by atoms with Crippen molar-refractivity contribution < 1.29 is 10.3 Å². The van der Waals surface area contributed by atoms with Crippen molar-refractivity contribution in [2.75, 3.05) is 7.05 Å². The van der Waals surface area contributed by atoms with Gasteiger partial charge in [-0.25, -0.2) is 9.37 Å². The van der Waals surface area contributed by atoms with Gasteiger partial charge in [-0.2, -0.15) is 5.26 Å². The number of aromatic nitrogens is 4. The summed E-state index contributed by atoms with van der Waals surface area (Å²) in [6.45, 7) is 6.11. The summed E-state index contributed by atoms with van der Waals surface area (Å²) in [5.41, 5.74) is 2.49. The minimum atomic E-state index is -0.944. The Balaban J connectivity index is 0.00000380. The van der Waals surface area contributed by atoms with Crippen molar-refractivity contribution in [2.24, 2.45) is 0 Å². The van der Waals surface area contributed by atoms with Gasteiger partial charge < -0.3 is 9.84 Å². The minimum Gasteiger partial charge on any atom is -0.354 e. The van der Waals surface area contributed by atoms with E-state index in [4.69, 9.17) is 9.51 Å². The lowest BCUT2D eigenvalue weighted by Gasteiger charge is -2.26. The van der Waals surface area contributed by atoms with E-state index in [1.807, 2.05) is 19.9 Å². The Bertz CT molecular complexity index is 1500. The van der Waals surface area contributed by atoms with Crippen LogP contribution in [0.2, 0.25) is 0 Å². The van der Waals surface area contributed by atoms with Crippen LogP contribution < -0.4 is 10.9 Å². The molecule has 0 aliphatic rings. The molecule has 3 aromatic heterocycles. The molecule has 0 saturated heterocycles. The molecule has 4 rings (SSSR count). The molecule has 9 heteroatoms. The summed E-state index contributed by atoms with van der Waals surface area (Å²) >= 11 is 0. The van der Waals surface area contributed by atoms with Gasteiger partial charge >= 0.3 is 0 Å². The Morgan fingerprint density at radius 3 is 2.64 bits per heavy atom. The number of pyridine rings is 1. The van der Waals surface area contributed by atoms with Crippen molar-refractivity contribution in [3.8, 4) is 40.0 Å². The lowest BCUT2D eigenvalue weighted by Crippen LogP contribution is -2.38. The molecule has 186 valence electrons. The average Bonchev–Trinajstić information content (AvgIpc) is 3.37. The molecule has 1 aromatic carbocycles. The highest BCUT2D eigenvalue weighted by Gasteiger charge is 2.29. The van der Waals surface area contributed by atoms with E-state index in [9.17, 15) is 14.4 Å². The highest BCUT2D eigenvalue weighted by atomic mass is 19.1. The molecular weight excluding hydrogens is 459 g/mol. The van der Waals surface area contributed by atoms with Crippen molar-refractivity contribution in [1.29, 1.82) is 5.26 Å². The summed E-state index contributed by atoms with van der Waals surface area (Å²) in [5.74, 6) is -0.0494. The Morgan fingerprint density at radius 2 is 1.97 bits per heavy atom. The van der Waals surface area contributed by atoms with Gasteiger partial charge in [0.2, 0.25) is 0 Å². The lowest BCUT2D eigenvalue weighted by molar-refractivity contribution is 0.345. The van der Waals surface area contributed by atoms with E-state index in [0.717, 1.165) is 5.56 Å². The molecule has 8 nitrogen and oxygen atoms in total. The number of rotatable bonds is 8. The first kappa shape index (κ1) is 24.9. The molecule has 0 aliphatic heterocycles. The quantitative estimate of drug-likeness (QED) is 0.368. The lowest BCUT2D eigenvalue weighted by atomic mass is 9.94. The molecule has 0 unspecified atom stereocenters. The SMILES string of the molecule is CCC(C#N)(CC)n1cc(-c2cnc(C)c(-c3cc(-c4ccc(CNC)cc4F)no3)n2)ccc1=O.[HH]. The van der Waals surface area contributed by atoms with E-state index in [1.165, 1.54) is 16.7 Å². The zero-order valence-corrected chi connectivity index (χ0v) is 20.7. The van der Waals surface area contributed by atoms with Crippen molar-refractivity contribution in [3.05, 3.63) is 76.2 Å². The van der Waals surface area contributed by atoms with Gasteiger partial charge in [-0.15, -0.1) is 0 Å². The number of halogens is 1. The molecule has 0 bridgehead atoms. The maximum Gasteiger partial charge on any atom is 0.251 e. The molecule has 0 atom stereocenters. The van der Waals surface area contributed by atoms with Crippen LogP contribution in [-0.2, 0) is 12.1 Å². The molecule has 1 N–H and O–H groups in total. The van der Waals surface area contributed by atoms with E-state index in [2.05, 4.69) is 21.5 Å². The summed E-state index contributed by atoms with van der Waals surface area (Å²) in [4.78, 5) is 21.8. The summed E-state index contributed by atoms with van der Waals surface area (Å²) in [6, 6.07) is 12.0. The van der Waals surface area contributed by atoms with Gasteiger partial charge in [0.05, 0.1) is 23.7 Å². The van der Waals surface area contributed by atoms with Crippen molar-refractivity contribution >= 4 is 0 Å². The van der Waals surface area contributed by atoms with Crippen LogP contribution in [-0.4, -0.2) is 26.7 Å². The third-order valence-electron chi connectivity index (χ3n) is 6.44. The Hall–Kier alpha value is -4.16. The predicted molar refractivity (Wildman–Crippen MR) is 136 cm³/mol. The van der Waals surface area contributed by atoms with E-state index in [0.29, 0.717) is 59.0 Å². The van der Waals surface area contributed by atoms with Gasteiger partial charge in [-0.3, -0.25) is 14.3 Å². The van der Waals surface area contributed by atoms with Gasteiger partial charge in [-0.05, 0) is 50.6 Å². The van der Waals surface area contributed by atoms with Crippen molar-refractivity contribution in [2.45, 2.75) is 45.7 Å². The maximum absolute atomic E-state index is 14.7. The normalized spacial score (nSPS) is 11.4. The van der Waals surface area contributed by atoms with Gasteiger partial charge in [0, 0.05) is 37.4 Å². The standard InChI is InChI=1S/C27H27FN6O2.H2/c1-5-27(6-2,16-29)34-15-19(8-10-25(34)35)23-14-31-17(3)26(32-23)24-12-22(33-36-24)20-9-7-18(13-30-4)11-21(20)28;/h7-12,14-15,30H,5-6,13H2,1-4H3;1H. The summed E-state index contributed by atoms with van der Waals surface area (Å²) in [5, 5.41) is 16.9. The third-order valence-corrected chi connectivity index (χ3v) is 6.44. The first-order valence-corrected chi connectivity index (χ1v) is 11.7. The van der Waals surface area contributed by atoms with E-state index in [1.54, 1.807) is 44.6 Å². The largest absolute Gasteiger partial charge is 0.354 e. The third kappa shape index (κ3) is 4.55. The molecule has 0 spiro atoms. The van der Waals surface area contributed by atoms with E-state index >= 15 is 0 Å². The van der Waals surface area contributed by atoms with Crippen LogP contribution in [0.3, 0.4) is 0 Å². The molecule has 0 fully saturated rings. The molecule has 0 radical (unpaired) electrons. The fraction of sp³-hybridized carbons (Fsp3) is 0.296. The van der Waals surface area contributed by atoms with Crippen LogP contribution >= 0.6 is 0 Å². The summed E-state index contributed by atoms with van der Waals surface area (Å²) in [6.07, 6.45) is 4.23. The Morgan fingerprint density at radius 1 is 1.19 bits per heavy atom. The monoisotopic (exact) mass is 488 g/mol. The predicted octanol–water partition coefficient (Wildman–Crippen LogP) is 5.08. The van der Waals surface area contributed by atoms with Crippen LogP contribution in [0.1, 0.15) is 39.4 Å². The van der Waals surface area contributed by atoms with Gasteiger partial charge in [-0.1, -0.05) is 25.1 Å². The van der Waals surface area contributed by atoms with E-state index < -0.39 is 11.4 Å². The number of aryl methyl sites for hydroxylation is 1. The fourth-order valence-electron chi connectivity index (χ4n) is 4.19. The minimum absolute atomic E-state index is 0. The van der Waals surface area contributed by atoms with Crippen LogP contribution in [0.25, 0.3) is 34.0 Å². The van der Waals surface area contributed by atoms with Gasteiger partial charge in [0.15, 0.2) is 5.76 Å². The second-order valence-corrected chi connectivity index (χ2v) is 8.59. The molecule has 0 aliphatic carbocycles. The average molecular weight is 489 g/mol. The highest BCUT2D eigenvalue weighted by Crippen LogP contribution is 2.30. The van der Waals surface area contributed by atoms with E-state index in [-0.39, 0.29) is 6.99 Å². The molecule has 3 heterocycles. The van der Waals surface area contributed by atoms with Crippen molar-refractivity contribution in [3.63, 3.8) is 0 Å². The van der Waals surface area contributed by atoms with Crippen molar-refractivity contribution in [1.82, 2.24) is 25.0 Å². The first-order valence-electron chi connectivity index (χ1n) is 11.7. The summed E-state index contributed by atoms with van der Waals surface area (Å²) in [7, 11) is 1.80. The first-order chi connectivity index (χ1) is 17.4. The van der Waals surface area contributed by atoms with Crippen LogP contribution in [0.5, 0.6) is 0 Å². The van der Waals surface area contributed by atoms with Crippen LogP contribution in [0, 0.1) is 24.1 Å². The Labute approximate surface area is 209 Å². The number of benzene rings is 1. The van der Waals surface area contributed by atoms with Crippen LogP contribution in [0.15, 0.2) is 58.1 Å².